The van der Waals surface area contributed by atoms with Gasteiger partial charge in [-0.1, -0.05) is 60.7 Å². The van der Waals surface area contributed by atoms with Crippen LogP contribution in [0.2, 0.25) is 0 Å². The molecule has 0 radical (unpaired) electrons. The lowest BCUT2D eigenvalue weighted by Gasteiger charge is -2.27. The van der Waals surface area contributed by atoms with Crippen molar-refractivity contribution in [1.82, 2.24) is 0 Å². The summed E-state index contributed by atoms with van der Waals surface area (Å²) in [7, 11) is -2.10. The van der Waals surface area contributed by atoms with E-state index in [4.69, 9.17) is 0 Å². The molecule has 0 aliphatic heterocycles. The Labute approximate surface area is 181 Å². The summed E-state index contributed by atoms with van der Waals surface area (Å²) in [5.41, 5.74) is 0.795. The van der Waals surface area contributed by atoms with E-state index in [9.17, 15) is 8.78 Å². The summed E-state index contributed by atoms with van der Waals surface area (Å²) >= 11 is 0. The van der Waals surface area contributed by atoms with Gasteiger partial charge in [0.05, 0.1) is 6.16 Å². The Hall–Kier alpha value is -2.35. The van der Waals surface area contributed by atoms with Gasteiger partial charge in [-0.15, -0.1) is 0 Å². The normalized spacial score (nSPS) is 11.0. The minimum atomic E-state index is -2.10. The van der Waals surface area contributed by atoms with Crippen LogP contribution in [0.1, 0.15) is 5.56 Å². The van der Waals surface area contributed by atoms with Crippen molar-refractivity contribution in [2.24, 2.45) is 0 Å². The van der Waals surface area contributed by atoms with E-state index in [2.05, 4.69) is 36.4 Å². The highest BCUT2D eigenvalue weighted by atomic mass is 79.9. The maximum absolute atomic E-state index is 14.0. The van der Waals surface area contributed by atoms with Gasteiger partial charge in [0.1, 0.15) is 23.2 Å². The quantitative estimate of drug-likeness (QED) is 0.394. The Kier molecular flexibility index (Phi) is 6.95. The highest BCUT2D eigenvalue weighted by Gasteiger charge is 2.45. The maximum atomic E-state index is 14.0. The monoisotopic (exact) mass is 468 g/mol. The van der Waals surface area contributed by atoms with Gasteiger partial charge in [0, 0.05) is 0 Å². The molecule has 0 aliphatic carbocycles. The van der Waals surface area contributed by atoms with Gasteiger partial charge in [0.15, 0.2) is 11.6 Å². The van der Waals surface area contributed by atoms with Gasteiger partial charge >= 0.3 is 0 Å². The lowest BCUT2D eigenvalue weighted by Crippen LogP contribution is -3.00. The van der Waals surface area contributed by atoms with E-state index < -0.39 is 18.9 Å². The second kappa shape index (κ2) is 9.43. The molecule has 0 heterocycles. The van der Waals surface area contributed by atoms with E-state index in [-0.39, 0.29) is 17.0 Å². The second-order valence-electron chi connectivity index (χ2n) is 6.72. The van der Waals surface area contributed by atoms with Crippen molar-refractivity contribution in [2.45, 2.75) is 6.16 Å². The Morgan fingerprint density at radius 2 is 0.931 bits per heavy atom. The lowest BCUT2D eigenvalue weighted by atomic mass is 10.2. The lowest BCUT2D eigenvalue weighted by molar-refractivity contribution is -0.00000651. The van der Waals surface area contributed by atoms with Gasteiger partial charge in [-0.2, -0.15) is 0 Å². The van der Waals surface area contributed by atoms with Crippen LogP contribution >= 0.6 is 7.26 Å². The maximum Gasteiger partial charge on any atom is 0.159 e. The summed E-state index contributed by atoms with van der Waals surface area (Å²) in [5.74, 6) is -1.61. The largest absolute Gasteiger partial charge is 1.00 e. The summed E-state index contributed by atoms with van der Waals surface area (Å²) in [5, 5.41) is 3.66. The molecule has 4 rings (SSSR count). The first kappa shape index (κ1) is 21.4. The van der Waals surface area contributed by atoms with Crippen molar-refractivity contribution in [3.63, 3.8) is 0 Å². The fourth-order valence-electron chi connectivity index (χ4n) is 3.68. The molecule has 4 heteroatoms. The van der Waals surface area contributed by atoms with Crippen molar-refractivity contribution < 1.29 is 25.8 Å². The third-order valence-electron chi connectivity index (χ3n) is 4.99. The number of rotatable bonds is 5. The Balaban J connectivity index is 0.00000240. The molecule has 0 N–H and O–H groups in total. The van der Waals surface area contributed by atoms with E-state index in [0.717, 1.165) is 5.56 Å². The molecular weight excluding hydrogens is 449 g/mol. The Morgan fingerprint density at radius 1 is 0.517 bits per heavy atom. The summed E-state index contributed by atoms with van der Waals surface area (Å²) in [6.07, 6.45) is 0.627. The van der Waals surface area contributed by atoms with Gasteiger partial charge < -0.3 is 17.0 Å². The Morgan fingerprint density at radius 3 is 1.31 bits per heavy atom. The van der Waals surface area contributed by atoms with Gasteiger partial charge in [-0.3, -0.25) is 0 Å². The molecule has 0 aliphatic rings. The fraction of sp³-hybridized carbons (Fsp3) is 0.0400. The highest BCUT2D eigenvalue weighted by molar-refractivity contribution is 7.95. The van der Waals surface area contributed by atoms with E-state index in [0.29, 0.717) is 6.16 Å². The van der Waals surface area contributed by atoms with Crippen LogP contribution < -0.4 is 32.9 Å². The van der Waals surface area contributed by atoms with Crippen LogP contribution in [0.4, 0.5) is 8.78 Å². The van der Waals surface area contributed by atoms with E-state index in [1.807, 2.05) is 54.6 Å². The minimum absolute atomic E-state index is 0. The molecule has 4 aromatic carbocycles. The molecule has 0 unspecified atom stereocenters. The summed E-state index contributed by atoms with van der Waals surface area (Å²) in [4.78, 5) is 0. The molecule has 29 heavy (non-hydrogen) atoms. The number of halogens is 3. The number of hydrogen-bond acceptors (Lipinski definition) is 0. The molecule has 0 bridgehead atoms. The average molecular weight is 469 g/mol. The predicted octanol–water partition coefficient (Wildman–Crippen LogP) is 2.46. The van der Waals surface area contributed by atoms with Gasteiger partial charge in [0.25, 0.3) is 0 Å². The van der Waals surface area contributed by atoms with Crippen LogP contribution in [0.15, 0.2) is 109 Å². The molecule has 0 spiro atoms. The number of hydrogen-bond donors (Lipinski definition) is 0. The van der Waals surface area contributed by atoms with Gasteiger partial charge in [0.2, 0.25) is 0 Å². The fourth-order valence-corrected chi connectivity index (χ4v) is 7.91. The van der Waals surface area contributed by atoms with Crippen LogP contribution in [0.3, 0.4) is 0 Å². The van der Waals surface area contributed by atoms with Crippen LogP contribution in [0, 0.1) is 11.6 Å². The molecule has 0 saturated heterocycles. The molecule has 4 aromatic rings. The van der Waals surface area contributed by atoms with E-state index in [1.165, 1.54) is 28.0 Å². The molecular formula is C25H20BrF2P. The first-order chi connectivity index (χ1) is 13.7. The third-order valence-corrected chi connectivity index (χ3v) is 9.37. The zero-order valence-electron chi connectivity index (χ0n) is 15.7. The third kappa shape index (κ3) is 4.32. The van der Waals surface area contributed by atoms with Crippen molar-refractivity contribution in [3.05, 3.63) is 126 Å². The molecule has 0 fully saturated rings. The van der Waals surface area contributed by atoms with Crippen molar-refractivity contribution in [1.29, 1.82) is 0 Å². The van der Waals surface area contributed by atoms with Crippen LogP contribution in [-0.2, 0) is 6.16 Å². The highest BCUT2D eigenvalue weighted by Crippen LogP contribution is 2.58. The standard InChI is InChI=1S/C25H20F2P.BrH/c26-24-17-16-20(18-25(24)27)19-28(21-10-4-1-5-11-21,22-12-6-2-7-13-22)23-14-8-3-9-15-23;/h1-18H,19H2;1H/q+1;/p-1. The first-order valence-corrected chi connectivity index (χ1v) is 11.2. The number of benzene rings is 4. The van der Waals surface area contributed by atoms with Crippen molar-refractivity contribution >= 4 is 23.2 Å². The van der Waals surface area contributed by atoms with Crippen molar-refractivity contribution in [3.8, 4) is 0 Å². The van der Waals surface area contributed by atoms with Crippen LogP contribution in [0.25, 0.3) is 0 Å². The molecule has 0 saturated carbocycles. The summed E-state index contributed by atoms with van der Waals surface area (Å²) in [6.45, 7) is 0. The summed E-state index contributed by atoms with van der Waals surface area (Å²) in [6, 6.07) is 35.4. The zero-order chi connectivity index (χ0) is 19.4. The van der Waals surface area contributed by atoms with E-state index in [1.54, 1.807) is 6.07 Å². The average Bonchev–Trinajstić information content (AvgIpc) is 2.76. The molecule has 0 aromatic heterocycles. The second-order valence-corrected chi connectivity index (χ2v) is 10.2. The topological polar surface area (TPSA) is 0 Å². The molecule has 0 atom stereocenters. The SMILES string of the molecule is Fc1ccc(C[P+](c2ccccc2)(c2ccccc2)c2ccccc2)cc1F.[Br-]. The smallest absolute Gasteiger partial charge is 0.159 e. The van der Waals surface area contributed by atoms with Crippen molar-refractivity contribution in [2.75, 3.05) is 0 Å². The molecule has 0 amide bonds. The predicted molar refractivity (Wildman–Crippen MR) is 115 cm³/mol. The molecule has 146 valence electrons. The molecule has 0 nitrogen and oxygen atoms in total. The first-order valence-electron chi connectivity index (χ1n) is 9.19. The summed E-state index contributed by atoms with van der Waals surface area (Å²) < 4.78 is 27.5. The van der Waals surface area contributed by atoms with Gasteiger partial charge in [-0.05, 0) is 54.1 Å². The van der Waals surface area contributed by atoms with Crippen LogP contribution in [-0.4, -0.2) is 0 Å². The zero-order valence-corrected chi connectivity index (χ0v) is 18.2. The minimum Gasteiger partial charge on any atom is -1.00 e. The Bertz CT molecular complexity index is 957. The van der Waals surface area contributed by atoms with E-state index >= 15 is 0 Å². The van der Waals surface area contributed by atoms with Crippen LogP contribution in [0.5, 0.6) is 0 Å². The van der Waals surface area contributed by atoms with Gasteiger partial charge in [-0.25, -0.2) is 8.78 Å².